The first-order valence-electron chi connectivity index (χ1n) is 8.69. The summed E-state index contributed by atoms with van der Waals surface area (Å²) in [6.07, 6.45) is 5.53. The number of carbonyl (C=O) groups is 1. The number of pyridine rings is 1. The van der Waals surface area contributed by atoms with Gasteiger partial charge in [-0.3, -0.25) is 24.4 Å². The number of halogens is 3. The summed E-state index contributed by atoms with van der Waals surface area (Å²) in [7, 11) is 0. The van der Waals surface area contributed by atoms with Crippen LogP contribution in [0.15, 0.2) is 52.3 Å². The third kappa shape index (κ3) is 5.24. The zero-order valence-corrected chi connectivity index (χ0v) is 17.2. The Balaban J connectivity index is 1.77. The van der Waals surface area contributed by atoms with Crippen LogP contribution in [0.4, 0.5) is 20.2 Å². The molecule has 2 heterocycles. The average molecular weight is 480 g/mol. The van der Waals surface area contributed by atoms with Crippen molar-refractivity contribution in [3.8, 4) is 0 Å². The van der Waals surface area contributed by atoms with Gasteiger partial charge in [0.05, 0.1) is 28.7 Å². The lowest BCUT2D eigenvalue weighted by Gasteiger charge is -2.15. The van der Waals surface area contributed by atoms with Crippen molar-refractivity contribution in [3.63, 3.8) is 0 Å². The Bertz CT molecular complexity index is 1110. The summed E-state index contributed by atoms with van der Waals surface area (Å²) < 4.78 is 29.0. The molecule has 1 aromatic carbocycles. The quantitative estimate of drug-likeness (QED) is 0.448. The van der Waals surface area contributed by atoms with Gasteiger partial charge in [0.25, 0.3) is 11.5 Å². The van der Waals surface area contributed by atoms with E-state index in [1.807, 2.05) is 0 Å². The first-order valence-corrected chi connectivity index (χ1v) is 9.48. The van der Waals surface area contributed by atoms with Crippen LogP contribution in [0.3, 0.4) is 0 Å². The van der Waals surface area contributed by atoms with Gasteiger partial charge in [-0.05, 0) is 25.1 Å². The number of nitrogens with one attached hydrogen (secondary N) is 3. The maximum atomic E-state index is 14.4. The molecular weight excluding hydrogens is 464 g/mol. The molecule has 0 fully saturated rings. The Morgan fingerprint density at radius 1 is 1.33 bits per heavy atom. The monoisotopic (exact) mass is 479 g/mol. The topological polar surface area (TPSA) is 109 Å². The van der Waals surface area contributed by atoms with Crippen molar-refractivity contribution in [1.82, 2.24) is 20.4 Å². The predicted octanol–water partition coefficient (Wildman–Crippen LogP) is 3.24. The highest BCUT2D eigenvalue weighted by Gasteiger charge is 2.20. The van der Waals surface area contributed by atoms with Crippen LogP contribution in [0.5, 0.6) is 0 Å². The maximum absolute atomic E-state index is 14.4. The predicted molar refractivity (Wildman–Crippen MR) is 108 cm³/mol. The number of rotatable bonds is 7. The summed E-state index contributed by atoms with van der Waals surface area (Å²) in [6, 6.07) is 4.01. The zero-order chi connectivity index (χ0) is 21.7. The smallest absolute Gasteiger partial charge is 0.286 e. The van der Waals surface area contributed by atoms with Crippen LogP contribution in [-0.4, -0.2) is 27.0 Å². The number of hydrogen-bond acceptors (Lipinski definition) is 6. The molecule has 0 saturated heterocycles. The van der Waals surface area contributed by atoms with Gasteiger partial charge in [-0.1, -0.05) is 15.9 Å². The number of anilines is 2. The van der Waals surface area contributed by atoms with Crippen LogP contribution < -0.4 is 16.4 Å². The summed E-state index contributed by atoms with van der Waals surface area (Å²) >= 11 is 3.12. The summed E-state index contributed by atoms with van der Waals surface area (Å²) in [5, 5.41) is 2.46. The number of carbonyl (C=O) groups excluding carboxylic acids is 1. The number of aromatic amines is 1. The summed E-state index contributed by atoms with van der Waals surface area (Å²) in [4.78, 5) is 39.6. The Morgan fingerprint density at radius 3 is 2.83 bits per heavy atom. The van der Waals surface area contributed by atoms with E-state index in [1.165, 1.54) is 24.5 Å². The number of amides is 1. The molecule has 3 N–H and O–H groups in total. The highest BCUT2D eigenvalue weighted by molar-refractivity contribution is 9.10. The van der Waals surface area contributed by atoms with Crippen molar-refractivity contribution in [2.75, 3.05) is 5.32 Å². The molecular formula is C19H16BrF2N5O3. The Kier molecular flexibility index (Phi) is 6.85. The minimum atomic E-state index is -1.27. The van der Waals surface area contributed by atoms with Gasteiger partial charge in [0.2, 0.25) is 5.82 Å². The molecule has 1 atom stereocenters. The van der Waals surface area contributed by atoms with E-state index in [-0.39, 0.29) is 11.3 Å². The molecule has 3 rings (SSSR count). The lowest BCUT2D eigenvalue weighted by molar-refractivity contribution is -0.00772. The molecule has 11 heteroatoms. The van der Waals surface area contributed by atoms with E-state index in [0.29, 0.717) is 16.6 Å². The first kappa shape index (κ1) is 21.5. The third-order valence-corrected chi connectivity index (χ3v) is 4.43. The van der Waals surface area contributed by atoms with Crippen molar-refractivity contribution in [3.05, 3.63) is 80.7 Å². The lowest BCUT2D eigenvalue weighted by Crippen LogP contribution is -2.31. The molecule has 0 spiro atoms. The molecule has 3 aromatic rings. The van der Waals surface area contributed by atoms with Crippen molar-refractivity contribution in [2.24, 2.45) is 0 Å². The molecule has 0 aliphatic heterocycles. The molecule has 8 nitrogen and oxygen atoms in total. The van der Waals surface area contributed by atoms with Crippen molar-refractivity contribution in [1.29, 1.82) is 0 Å². The Hall–Kier alpha value is -3.18. The second-order valence-corrected chi connectivity index (χ2v) is 7.15. The second-order valence-electron chi connectivity index (χ2n) is 6.23. The summed E-state index contributed by atoms with van der Waals surface area (Å²) in [6.45, 7) is 1.69. The number of aromatic nitrogens is 3. The van der Waals surface area contributed by atoms with E-state index in [9.17, 15) is 18.4 Å². The largest absolute Gasteiger partial charge is 0.350 e. The van der Waals surface area contributed by atoms with Crippen LogP contribution in [0.2, 0.25) is 0 Å². The van der Waals surface area contributed by atoms with Crippen LogP contribution in [-0.2, 0) is 11.3 Å². The van der Waals surface area contributed by atoms with Crippen LogP contribution in [0, 0.1) is 11.6 Å². The Morgan fingerprint density at radius 2 is 2.13 bits per heavy atom. The van der Waals surface area contributed by atoms with E-state index in [4.69, 9.17) is 4.84 Å². The van der Waals surface area contributed by atoms with Crippen molar-refractivity contribution >= 4 is 33.2 Å². The second kappa shape index (κ2) is 9.55. The van der Waals surface area contributed by atoms with Crippen LogP contribution in [0.1, 0.15) is 23.0 Å². The highest BCUT2D eigenvalue weighted by Crippen LogP contribution is 2.26. The van der Waals surface area contributed by atoms with Crippen molar-refractivity contribution in [2.45, 2.75) is 19.4 Å². The molecule has 1 unspecified atom stereocenters. The molecule has 30 heavy (non-hydrogen) atoms. The van der Waals surface area contributed by atoms with Gasteiger partial charge in [-0.25, -0.2) is 9.87 Å². The zero-order valence-electron chi connectivity index (χ0n) is 15.6. The van der Waals surface area contributed by atoms with E-state index in [1.54, 1.807) is 13.1 Å². The van der Waals surface area contributed by atoms with Gasteiger partial charge in [-0.15, -0.1) is 0 Å². The number of hydrogen-bond donors (Lipinski definition) is 3. The van der Waals surface area contributed by atoms with Gasteiger partial charge < -0.3 is 10.3 Å². The molecule has 0 bridgehead atoms. The third-order valence-electron chi connectivity index (χ3n) is 3.94. The molecule has 0 aliphatic carbocycles. The molecule has 2 aromatic heterocycles. The average Bonchev–Trinajstić information content (AvgIpc) is 2.72. The molecule has 0 radical (unpaired) electrons. The minimum absolute atomic E-state index is 0.117. The minimum Gasteiger partial charge on any atom is -0.350 e. The van der Waals surface area contributed by atoms with Crippen LogP contribution in [0.25, 0.3) is 0 Å². The fourth-order valence-electron chi connectivity index (χ4n) is 2.51. The van der Waals surface area contributed by atoms with Gasteiger partial charge in [0.15, 0.2) is 0 Å². The maximum Gasteiger partial charge on any atom is 0.286 e. The van der Waals surface area contributed by atoms with Crippen molar-refractivity contribution < 1.29 is 18.4 Å². The van der Waals surface area contributed by atoms with E-state index < -0.39 is 34.9 Å². The van der Waals surface area contributed by atoms with Crippen LogP contribution >= 0.6 is 15.9 Å². The van der Waals surface area contributed by atoms with E-state index in [0.717, 1.165) is 12.3 Å². The number of benzene rings is 1. The SMILES string of the molecule is CC(Cc1cnccn1)ONC(=O)c1c[nH]c(=O)c(F)c1Nc1ccc(Br)cc1F. The van der Waals surface area contributed by atoms with E-state index >= 15 is 0 Å². The van der Waals surface area contributed by atoms with E-state index in [2.05, 4.69) is 41.7 Å². The molecule has 156 valence electrons. The Labute approximate surface area is 177 Å². The fourth-order valence-corrected chi connectivity index (χ4v) is 2.85. The standard InChI is InChI=1S/C19H16BrF2N5O3/c1-10(6-12-8-23-4-5-24-12)30-27-18(28)13-9-25-19(29)16(22)17(13)26-15-3-2-11(20)7-14(15)21/h2-5,7-10H,6H2,1H3,(H,27,28)(H2,25,26,29). The number of hydroxylamine groups is 1. The fraction of sp³-hybridized carbons (Fsp3) is 0.158. The summed E-state index contributed by atoms with van der Waals surface area (Å²) in [5.41, 5.74) is 0.910. The lowest BCUT2D eigenvalue weighted by atomic mass is 10.2. The first-order chi connectivity index (χ1) is 14.3. The molecule has 0 saturated carbocycles. The number of H-pyrrole nitrogens is 1. The normalized spacial score (nSPS) is 11.7. The summed E-state index contributed by atoms with van der Waals surface area (Å²) in [5.74, 6) is -2.81. The molecule has 0 aliphatic rings. The van der Waals surface area contributed by atoms with Gasteiger partial charge in [0.1, 0.15) is 5.82 Å². The van der Waals surface area contributed by atoms with Gasteiger partial charge >= 0.3 is 0 Å². The van der Waals surface area contributed by atoms with Gasteiger partial charge in [0, 0.05) is 35.7 Å². The highest BCUT2D eigenvalue weighted by atomic mass is 79.9. The van der Waals surface area contributed by atoms with Gasteiger partial charge in [-0.2, -0.15) is 4.39 Å². The molecule has 1 amide bonds. The number of nitrogens with zero attached hydrogens (tertiary/aromatic N) is 2.